The zero-order chi connectivity index (χ0) is 38.9. The van der Waals surface area contributed by atoms with Crippen LogP contribution in [0.2, 0.25) is 0 Å². The third kappa shape index (κ3) is 5.51. The molecule has 6 aromatic carbocycles. The van der Waals surface area contributed by atoms with Gasteiger partial charge in [0.25, 0.3) is 6.33 Å². The van der Waals surface area contributed by atoms with Crippen molar-refractivity contribution in [1.29, 1.82) is 0 Å². The lowest BCUT2D eigenvalue weighted by molar-refractivity contribution is -0.572. The van der Waals surface area contributed by atoms with Gasteiger partial charge in [0.1, 0.15) is 11.5 Å². The molecule has 0 saturated heterocycles. The number of benzene rings is 6. The highest BCUT2D eigenvalue weighted by Crippen LogP contribution is 2.35. The SMILES string of the molecule is [2H]c1c([2H])c([2H])c(-c2cc(-[n+]3[c-]n(-c4cccc(Oc5ccc6c7ccccc7n(-c7ncccn7)c6c5)c4)c4ccccc43)cc(C(C)(C)C)c2)c([2H])c1[2H]. The summed E-state index contributed by atoms with van der Waals surface area (Å²) in [6, 6.07) is 36.1. The number of para-hydroxylation sites is 3. The first kappa shape index (κ1) is 25.4. The van der Waals surface area contributed by atoms with Crippen LogP contribution in [0.3, 0.4) is 0 Å². The standard InChI is InChI=1S/C45H35N5O/c1-45(2,3)33-25-32(31-13-5-4-6-14-31)26-35(27-33)49-30-48(41-19-9-10-20-42(41)49)34-15-11-16-36(28-34)51-37-21-22-39-38-17-7-8-18-40(38)50(43(39)29-37)44-46-23-12-24-47-44/h4-29H,1-3H3/i4D,5D,6D,13D,14D. The molecule has 0 atom stereocenters. The Bertz CT molecular complexity index is 2980. The predicted octanol–water partition coefficient (Wildman–Crippen LogP) is 10.4. The van der Waals surface area contributed by atoms with E-state index < -0.39 is 6.04 Å². The molecule has 0 spiro atoms. The van der Waals surface area contributed by atoms with Crippen molar-refractivity contribution in [3.05, 3.63) is 170 Å². The molecule has 0 amide bonds. The average Bonchev–Trinajstić information content (AvgIpc) is 3.76. The van der Waals surface area contributed by atoms with E-state index >= 15 is 0 Å². The molecule has 0 fully saturated rings. The molecule has 0 bridgehead atoms. The number of aromatic nitrogens is 5. The molecule has 0 aliphatic heterocycles. The average molecular weight is 667 g/mol. The molecule has 246 valence electrons. The number of fused-ring (bicyclic) bond motifs is 4. The fourth-order valence-corrected chi connectivity index (χ4v) is 6.61. The lowest BCUT2D eigenvalue weighted by Gasteiger charge is -2.22. The Balaban J connectivity index is 1.15. The van der Waals surface area contributed by atoms with E-state index in [-0.39, 0.29) is 35.1 Å². The Hall–Kier alpha value is -6.53. The molecule has 0 aliphatic carbocycles. The minimum Gasteiger partial charge on any atom is -0.458 e. The Morgan fingerprint density at radius 1 is 0.667 bits per heavy atom. The molecular formula is C45H35N5O. The number of rotatable bonds is 6. The van der Waals surface area contributed by atoms with Crippen molar-refractivity contribution in [1.82, 2.24) is 19.1 Å². The Kier molecular flexibility index (Phi) is 6.04. The lowest BCUT2D eigenvalue weighted by Crippen LogP contribution is -2.30. The summed E-state index contributed by atoms with van der Waals surface area (Å²) in [5.74, 6) is 1.87. The van der Waals surface area contributed by atoms with Crippen LogP contribution in [0.25, 0.3) is 61.3 Å². The van der Waals surface area contributed by atoms with Crippen molar-refractivity contribution in [3.63, 3.8) is 0 Å². The van der Waals surface area contributed by atoms with Gasteiger partial charge in [-0.15, -0.1) is 0 Å². The van der Waals surface area contributed by atoms with Gasteiger partial charge in [-0.05, 0) is 76.7 Å². The van der Waals surface area contributed by atoms with E-state index in [0.717, 1.165) is 49.8 Å². The second-order valence-electron chi connectivity index (χ2n) is 13.5. The smallest absolute Gasteiger partial charge is 0.269 e. The minimum atomic E-state index is -0.418. The minimum absolute atomic E-state index is 0.160. The summed E-state index contributed by atoms with van der Waals surface area (Å²) in [5, 5.41) is 2.16. The first-order valence-electron chi connectivity index (χ1n) is 19.2. The second-order valence-corrected chi connectivity index (χ2v) is 13.5. The molecule has 51 heavy (non-hydrogen) atoms. The summed E-state index contributed by atoms with van der Waals surface area (Å²) >= 11 is 0. The van der Waals surface area contributed by atoms with E-state index in [1.54, 1.807) is 18.5 Å². The Morgan fingerprint density at radius 2 is 1.41 bits per heavy atom. The topological polar surface area (TPSA) is 48.8 Å². The van der Waals surface area contributed by atoms with Gasteiger partial charge in [0, 0.05) is 29.2 Å². The summed E-state index contributed by atoms with van der Waals surface area (Å²) < 4.78 is 54.8. The van der Waals surface area contributed by atoms with E-state index in [1.165, 1.54) is 0 Å². The molecular weight excluding hydrogens is 627 g/mol. The van der Waals surface area contributed by atoms with Crippen molar-refractivity contribution in [2.24, 2.45) is 0 Å². The van der Waals surface area contributed by atoms with Gasteiger partial charge in [-0.2, -0.15) is 0 Å². The van der Waals surface area contributed by atoms with Crippen LogP contribution in [0, 0.1) is 6.33 Å². The largest absolute Gasteiger partial charge is 0.458 e. The van der Waals surface area contributed by atoms with Gasteiger partial charge in [0.15, 0.2) is 0 Å². The highest BCUT2D eigenvalue weighted by molar-refractivity contribution is 6.09. The van der Waals surface area contributed by atoms with Crippen LogP contribution in [-0.4, -0.2) is 19.1 Å². The molecule has 6 nitrogen and oxygen atoms in total. The van der Waals surface area contributed by atoms with Gasteiger partial charge in [0.05, 0.1) is 40.3 Å². The number of hydrogen-bond donors (Lipinski definition) is 0. The first-order valence-corrected chi connectivity index (χ1v) is 16.7. The normalized spacial score (nSPS) is 13.2. The fourth-order valence-electron chi connectivity index (χ4n) is 6.61. The number of nitrogens with zero attached hydrogens (tertiary/aromatic N) is 5. The number of hydrogen-bond acceptors (Lipinski definition) is 3. The Labute approximate surface area is 303 Å². The summed E-state index contributed by atoms with van der Waals surface area (Å²) in [4.78, 5) is 9.10. The highest BCUT2D eigenvalue weighted by Gasteiger charge is 2.19. The van der Waals surface area contributed by atoms with Crippen molar-refractivity contribution in [2.75, 3.05) is 0 Å². The van der Waals surface area contributed by atoms with Crippen LogP contribution in [0.15, 0.2) is 158 Å². The van der Waals surface area contributed by atoms with E-state index in [9.17, 15) is 0 Å². The van der Waals surface area contributed by atoms with Crippen LogP contribution < -0.4 is 9.30 Å². The molecule has 6 heteroatoms. The molecule has 9 aromatic rings. The van der Waals surface area contributed by atoms with E-state index in [0.29, 0.717) is 23.0 Å². The van der Waals surface area contributed by atoms with Crippen molar-refractivity contribution in [2.45, 2.75) is 26.2 Å². The van der Waals surface area contributed by atoms with Crippen LogP contribution in [-0.2, 0) is 5.41 Å². The third-order valence-corrected chi connectivity index (χ3v) is 9.10. The summed E-state index contributed by atoms with van der Waals surface area (Å²) in [6.45, 7) is 6.27. The van der Waals surface area contributed by atoms with Crippen LogP contribution in [0.1, 0.15) is 33.2 Å². The van der Waals surface area contributed by atoms with Gasteiger partial charge in [-0.1, -0.05) is 106 Å². The molecule has 3 heterocycles. The number of ether oxygens (including phenoxy) is 1. The van der Waals surface area contributed by atoms with Crippen molar-refractivity contribution >= 4 is 32.8 Å². The predicted molar refractivity (Wildman–Crippen MR) is 204 cm³/mol. The first-order chi connectivity index (χ1) is 27.0. The van der Waals surface area contributed by atoms with E-state index in [1.807, 2.05) is 98.6 Å². The van der Waals surface area contributed by atoms with Gasteiger partial charge in [0.2, 0.25) is 5.95 Å². The van der Waals surface area contributed by atoms with Crippen LogP contribution in [0.4, 0.5) is 0 Å². The van der Waals surface area contributed by atoms with Crippen molar-refractivity contribution < 1.29 is 16.2 Å². The Morgan fingerprint density at radius 3 is 2.24 bits per heavy atom. The zero-order valence-electron chi connectivity index (χ0n) is 33.3. The molecule has 9 rings (SSSR count). The van der Waals surface area contributed by atoms with Crippen molar-refractivity contribution in [3.8, 4) is 39.9 Å². The summed E-state index contributed by atoms with van der Waals surface area (Å²) in [5.41, 5.74) is 6.59. The maximum absolute atomic E-state index is 8.73. The van der Waals surface area contributed by atoms with Gasteiger partial charge in [-0.3, -0.25) is 13.7 Å². The second kappa shape index (κ2) is 12.1. The van der Waals surface area contributed by atoms with E-state index in [2.05, 4.69) is 61.3 Å². The van der Waals surface area contributed by atoms with Gasteiger partial charge in [-0.25, -0.2) is 9.97 Å². The molecule has 0 unspecified atom stereocenters. The fraction of sp³-hybridized carbons (Fsp3) is 0.0889. The number of imidazole rings is 1. The van der Waals surface area contributed by atoms with E-state index in [4.69, 9.17) is 11.6 Å². The molecule has 0 saturated carbocycles. The summed E-state index contributed by atoms with van der Waals surface area (Å²) in [6.07, 6.45) is 7.03. The molecule has 0 aliphatic rings. The maximum Gasteiger partial charge on any atom is 0.269 e. The molecule has 0 radical (unpaired) electrons. The third-order valence-electron chi connectivity index (χ3n) is 9.10. The monoisotopic (exact) mass is 666 g/mol. The maximum atomic E-state index is 8.73. The van der Waals surface area contributed by atoms with Crippen LogP contribution in [0.5, 0.6) is 11.5 Å². The van der Waals surface area contributed by atoms with Gasteiger partial charge >= 0.3 is 0 Å². The highest BCUT2D eigenvalue weighted by atomic mass is 16.5. The molecule has 0 N–H and O–H groups in total. The lowest BCUT2D eigenvalue weighted by atomic mass is 9.85. The molecule has 3 aromatic heterocycles. The zero-order valence-corrected chi connectivity index (χ0v) is 28.3. The van der Waals surface area contributed by atoms with Crippen LogP contribution >= 0.6 is 0 Å². The quantitative estimate of drug-likeness (QED) is 0.131. The van der Waals surface area contributed by atoms with Gasteiger partial charge < -0.3 is 4.74 Å². The summed E-state index contributed by atoms with van der Waals surface area (Å²) in [7, 11) is 0.